The summed E-state index contributed by atoms with van der Waals surface area (Å²) in [5, 5.41) is 2.01. The normalized spacial score (nSPS) is 34.7. The molecule has 2 fully saturated rings. The van der Waals surface area contributed by atoms with Crippen molar-refractivity contribution in [3.63, 3.8) is 0 Å². The van der Waals surface area contributed by atoms with E-state index >= 15 is 0 Å². The maximum atomic E-state index is 13.2. The van der Waals surface area contributed by atoms with Gasteiger partial charge in [0.1, 0.15) is 0 Å². The second-order valence-corrected chi connectivity index (χ2v) is 7.13. The first-order valence-electron chi connectivity index (χ1n) is 8.17. The van der Waals surface area contributed by atoms with Gasteiger partial charge < -0.3 is 0 Å². The Morgan fingerprint density at radius 2 is 1.83 bits per heavy atom. The maximum Gasteiger partial charge on any atom is 0.241 e. The molecule has 2 amide bonds. The van der Waals surface area contributed by atoms with Gasteiger partial charge >= 0.3 is 0 Å². The minimum absolute atomic E-state index is 0.0225. The van der Waals surface area contributed by atoms with Gasteiger partial charge in [-0.05, 0) is 36.6 Å². The van der Waals surface area contributed by atoms with E-state index in [9.17, 15) is 9.59 Å². The Morgan fingerprint density at radius 3 is 2.65 bits per heavy atom. The number of benzene rings is 2. The lowest BCUT2D eigenvalue weighted by Crippen LogP contribution is -2.37. The first kappa shape index (κ1) is 13.1. The van der Waals surface area contributed by atoms with Gasteiger partial charge in [0.15, 0.2) is 0 Å². The quantitative estimate of drug-likeness (QED) is 0.597. The fourth-order valence-corrected chi connectivity index (χ4v) is 4.94. The van der Waals surface area contributed by atoms with Gasteiger partial charge in [-0.2, -0.15) is 0 Å². The predicted molar refractivity (Wildman–Crippen MR) is 88.8 cm³/mol. The third-order valence-corrected chi connectivity index (χ3v) is 6.12. The van der Waals surface area contributed by atoms with Gasteiger partial charge in [-0.25, -0.2) is 4.90 Å². The molecule has 2 aromatic rings. The number of rotatable bonds is 1. The molecule has 114 valence electrons. The molecule has 2 bridgehead atoms. The molecule has 0 aromatic heterocycles. The lowest BCUT2D eigenvalue weighted by molar-refractivity contribution is -0.127. The van der Waals surface area contributed by atoms with Crippen molar-refractivity contribution in [2.24, 2.45) is 23.2 Å². The number of carbonyl (C=O) groups excluding carboxylic acids is 2. The van der Waals surface area contributed by atoms with Crippen molar-refractivity contribution in [1.82, 2.24) is 0 Å². The number of anilines is 1. The second-order valence-electron chi connectivity index (χ2n) is 7.13. The summed E-state index contributed by atoms with van der Waals surface area (Å²) in [7, 11) is 0. The second kappa shape index (κ2) is 4.10. The Balaban J connectivity index is 1.71. The highest BCUT2D eigenvalue weighted by Gasteiger charge is 2.67. The van der Waals surface area contributed by atoms with Crippen molar-refractivity contribution >= 4 is 28.3 Å². The van der Waals surface area contributed by atoms with E-state index in [1.54, 1.807) is 0 Å². The van der Waals surface area contributed by atoms with E-state index in [2.05, 4.69) is 12.2 Å². The Kier molecular flexibility index (Phi) is 2.33. The first-order chi connectivity index (χ1) is 11.1. The summed E-state index contributed by atoms with van der Waals surface area (Å²) < 4.78 is 0. The van der Waals surface area contributed by atoms with Crippen LogP contribution in [-0.2, 0) is 9.59 Å². The molecular weight excluding hydrogens is 286 g/mol. The van der Waals surface area contributed by atoms with Crippen molar-refractivity contribution in [3.8, 4) is 0 Å². The number of carbonyl (C=O) groups is 2. The molecule has 1 saturated carbocycles. The minimum atomic E-state index is -0.562. The smallest absolute Gasteiger partial charge is 0.241 e. The van der Waals surface area contributed by atoms with Crippen LogP contribution in [0, 0.1) is 23.2 Å². The SMILES string of the molecule is C[C@@]12C(=O)N(c3cccc4ccccc34)C(=O)[C@@H]1[C@H]1C=C[C@H]2C1. The van der Waals surface area contributed by atoms with E-state index in [-0.39, 0.29) is 29.6 Å². The number of imide groups is 1. The Bertz CT molecular complexity index is 894. The van der Waals surface area contributed by atoms with Crippen LogP contribution in [0.1, 0.15) is 13.3 Å². The van der Waals surface area contributed by atoms with E-state index in [1.165, 1.54) is 4.90 Å². The number of amides is 2. The minimum Gasteiger partial charge on any atom is -0.274 e. The standard InChI is InChI=1S/C20H17NO2/c1-20-14-10-9-13(11-14)17(20)18(22)21(19(20)23)16-8-4-6-12-5-2-3-7-15(12)16/h2-10,13-14,17H,11H2,1H3/t13-,14-,17-,20-/m0/s1. The zero-order valence-electron chi connectivity index (χ0n) is 12.9. The first-order valence-corrected chi connectivity index (χ1v) is 8.17. The highest BCUT2D eigenvalue weighted by molar-refractivity contribution is 6.26. The van der Waals surface area contributed by atoms with Crippen molar-refractivity contribution in [3.05, 3.63) is 54.6 Å². The van der Waals surface area contributed by atoms with Crippen LogP contribution in [0.4, 0.5) is 5.69 Å². The van der Waals surface area contributed by atoms with Crippen LogP contribution < -0.4 is 4.90 Å². The van der Waals surface area contributed by atoms with Crippen molar-refractivity contribution in [2.45, 2.75) is 13.3 Å². The number of fused-ring (bicyclic) bond motifs is 6. The summed E-state index contributed by atoms with van der Waals surface area (Å²) in [5.41, 5.74) is 0.168. The average Bonchev–Trinajstić information content (AvgIpc) is 3.20. The summed E-state index contributed by atoms with van der Waals surface area (Å²) in [6.45, 7) is 1.98. The van der Waals surface area contributed by atoms with E-state index in [0.717, 1.165) is 22.9 Å². The van der Waals surface area contributed by atoms with Gasteiger partial charge in [-0.3, -0.25) is 9.59 Å². The zero-order chi connectivity index (χ0) is 15.8. The number of nitrogens with zero attached hydrogens (tertiary/aromatic N) is 1. The molecule has 1 saturated heterocycles. The van der Waals surface area contributed by atoms with E-state index in [0.29, 0.717) is 0 Å². The largest absolute Gasteiger partial charge is 0.274 e. The predicted octanol–water partition coefficient (Wildman–Crippen LogP) is 3.54. The molecule has 23 heavy (non-hydrogen) atoms. The van der Waals surface area contributed by atoms with Crippen LogP contribution in [-0.4, -0.2) is 11.8 Å². The van der Waals surface area contributed by atoms with Crippen LogP contribution in [0.3, 0.4) is 0 Å². The highest BCUT2D eigenvalue weighted by atomic mass is 16.2. The third-order valence-electron chi connectivity index (χ3n) is 6.12. The molecule has 3 aliphatic rings. The molecule has 1 aliphatic heterocycles. The average molecular weight is 303 g/mol. The van der Waals surface area contributed by atoms with Crippen molar-refractivity contribution in [1.29, 1.82) is 0 Å². The van der Waals surface area contributed by atoms with Gasteiger partial charge in [-0.15, -0.1) is 0 Å². The number of hydrogen-bond donors (Lipinski definition) is 0. The molecule has 3 heteroatoms. The molecule has 0 radical (unpaired) electrons. The monoisotopic (exact) mass is 303 g/mol. The highest BCUT2D eigenvalue weighted by Crippen LogP contribution is 2.61. The van der Waals surface area contributed by atoms with Crippen molar-refractivity contribution in [2.75, 3.05) is 4.90 Å². The molecule has 4 atom stereocenters. The topological polar surface area (TPSA) is 37.4 Å². The fourth-order valence-electron chi connectivity index (χ4n) is 4.94. The molecule has 3 nitrogen and oxygen atoms in total. The van der Waals surface area contributed by atoms with E-state index < -0.39 is 5.41 Å². The molecule has 0 spiro atoms. The molecule has 2 aliphatic carbocycles. The summed E-state index contributed by atoms with van der Waals surface area (Å²) in [4.78, 5) is 27.8. The van der Waals surface area contributed by atoms with Gasteiger partial charge in [0.05, 0.1) is 17.0 Å². The van der Waals surface area contributed by atoms with Gasteiger partial charge in [0.2, 0.25) is 11.8 Å². The lowest BCUT2D eigenvalue weighted by Gasteiger charge is -2.28. The molecule has 0 unspecified atom stereocenters. The third kappa shape index (κ3) is 1.41. The van der Waals surface area contributed by atoms with E-state index in [4.69, 9.17) is 0 Å². The van der Waals surface area contributed by atoms with Crippen LogP contribution in [0.5, 0.6) is 0 Å². The summed E-state index contributed by atoms with van der Waals surface area (Å²) in [6.07, 6.45) is 5.22. The van der Waals surface area contributed by atoms with Crippen molar-refractivity contribution < 1.29 is 9.59 Å². The van der Waals surface area contributed by atoms with Crippen LogP contribution in [0.15, 0.2) is 54.6 Å². The Labute approximate surface area is 134 Å². The molecule has 1 heterocycles. The summed E-state index contributed by atoms with van der Waals surface area (Å²) in [6, 6.07) is 13.7. The fraction of sp³-hybridized carbons (Fsp3) is 0.300. The zero-order valence-corrected chi connectivity index (χ0v) is 12.9. The number of allylic oxidation sites excluding steroid dienone is 2. The summed E-state index contributed by atoms with van der Waals surface area (Å²) >= 11 is 0. The Morgan fingerprint density at radius 1 is 1.04 bits per heavy atom. The molecule has 2 aromatic carbocycles. The molecule has 0 N–H and O–H groups in total. The Hall–Kier alpha value is -2.42. The van der Waals surface area contributed by atoms with E-state index in [1.807, 2.05) is 49.4 Å². The van der Waals surface area contributed by atoms with Crippen LogP contribution >= 0.6 is 0 Å². The van der Waals surface area contributed by atoms with Gasteiger partial charge in [-0.1, -0.05) is 48.6 Å². The summed E-state index contributed by atoms with van der Waals surface area (Å²) in [5.74, 6) is 0.186. The number of hydrogen-bond acceptors (Lipinski definition) is 2. The molecular formula is C20H17NO2. The lowest BCUT2D eigenvalue weighted by atomic mass is 9.71. The van der Waals surface area contributed by atoms with Crippen LogP contribution in [0.2, 0.25) is 0 Å². The molecule has 5 rings (SSSR count). The van der Waals surface area contributed by atoms with Gasteiger partial charge in [0.25, 0.3) is 0 Å². The van der Waals surface area contributed by atoms with Crippen LogP contribution in [0.25, 0.3) is 10.8 Å². The van der Waals surface area contributed by atoms with Gasteiger partial charge in [0, 0.05) is 5.39 Å². The maximum absolute atomic E-state index is 13.2.